The van der Waals surface area contributed by atoms with Crippen LogP contribution in [0, 0.1) is 6.92 Å². The summed E-state index contributed by atoms with van der Waals surface area (Å²) < 4.78 is 27.5. The molecule has 0 aliphatic heterocycles. The lowest BCUT2D eigenvalue weighted by atomic mass is 10.2. The smallest absolute Gasteiger partial charge is 0.243 e. The molecule has 1 N–H and O–H groups in total. The molecule has 2 rings (SSSR count). The number of nitrogens with zero attached hydrogens (tertiary/aromatic N) is 1. The molecule has 0 radical (unpaired) electrons. The summed E-state index contributed by atoms with van der Waals surface area (Å²) in [7, 11) is -3.88. The molecule has 2 aromatic rings. The summed E-state index contributed by atoms with van der Waals surface area (Å²) in [6.45, 7) is 5.41. The number of sulfonamides is 1. The van der Waals surface area contributed by atoms with Crippen molar-refractivity contribution < 1.29 is 13.2 Å². The third-order valence-corrected chi connectivity index (χ3v) is 6.89. The van der Waals surface area contributed by atoms with E-state index in [1.807, 2.05) is 20.8 Å². The van der Waals surface area contributed by atoms with E-state index in [0.29, 0.717) is 15.6 Å². The molecule has 1 amide bonds. The molecule has 0 aliphatic rings. The molecule has 0 aliphatic carbocycles. The van der Waals surface area contributed by atoms with Crippen LogP contribution < -0.4 is 5.32 Å². The predicted octanol–water partition coefficient (Wildman–Crippen LogP) is 4.41. The van der Waals surface area contributed by atoms with Crippen LogP contribution in [0.4, 0.5) is 0 Å². The number of halogens is 2. The molecule has 0 saturated carbocycles. The molecule has 1 atom stereocenters. The average Bonchev–Trinajstić information content (AvgIpc) is 2.64. The highest BCUT2D eigenvalue weighted by Crippen LogP contribution is 2.25. The van der Waals surface area contributed by atoms with Crippen LogP contribution in [0.1, 0.15) is 31.4 Å². The minimum Gasteiger partial charge on any atom is -0.353 e. The van der Waals surface area contributed by atoms with Gasteiger partial charge in [-0.3, -0.25) is 4.79 Å². The Labute approximate surface area is 176 Å². The average molecular weight is 443 g/mol. The number of amides is 1. The van der Waals surface area contributed by atoms with Crippen molar-refractivity contribution in [3.63, 3.8) is 0 Å². The number of hydrogen-bond donors (Lipinski definition) is 1. The highest BCUT2D eigenvalue weighted by molar-refractivity contribution is 7.89. The number of carbonyl (C=O) groups is 1. The van der Waals surface area contributed by atoms with Crippen molar-refractivity contribution in [2.75, 3.05) is 6.54 Å². The molecule has 2 aromatic carbocycles. The second kappa shape index (κ2) is 9.74. The first-order chi connectivity index (χ1) is 13.1. The van der Waals surface area contributed by atoms with E-state index >= 15 is 0 Å². The molecule has 152 valence electrons. The Bertz CT molecular complexity index is 931. The normalized spacial score (nSPS) is 12.8. The fraction of sp³-hybridized carbons (Fsp3) is 0.350. The largest absolute Gasteiger partial charge is 0.353 e. The zero-order valence-corrected chi connectivity index (χ0v) is 18.4. The number of hydrogen-bond acceptors (Lipinski definition) is 3. The van der Waals surface area contributed by atoms with E-state index < -0.39 is 10.0 Å². The molecule has 0 bridgehead atoms. The molecule has 0 unspecified atom stereocenters. The summed E-state index contributed by atoms with van der Waals surface area (Å²) >= 11 is 12.0. The maximum Gasteiger partial charge on any atom is 0.243 e. The van der Waals surface area contributed by atoms with Gasteiger partial charge in [0, 0.05) is 12.6 Å². The summed E-state index contributed by atoms with van der Waals surface area (Å²) in [6.07, 6.45) is 0.753. The Balaban J connectivity index is 2.35. The Morgan fingerprint density at radius 3 is 2.32 bits per heavy atom. The van der Waals surface area contributed by atoms with Crippen molar-refractivity contribution in [1.29, 1.82) is 0 Å². The summed E-state index contributed by atoms with van der Waals surface area (Å²) in [6, 6.07) is 11.4. The minimum absolute atomic E-state index is 0.00102. The molecule has 5 nitrogen and oxygen atoms in total. The number of aryl methyl sites for hydroxylation is 1. The van der Waals surface area contributed by atoms with Crippen molar-refractivity contribution in [3.8, 4) is 0 Å². The third kappa shape index (κ3) is 5.95. The van der Waals surface area contributed by atoms with Crippen LogP contribution in [0.5, 0.6) is 0 Å². The van der Waals surface area contributed by atoms with Gasteiger partial charge in [-0.05, 0) is 50.1 Å². The van der Waals surface area contributed by atoms with Gasteiger partial charge in [-0.1, -0.05) is 53.9 Å². The van der Waals surface area contributed by atoms with Crippen LogP contribution in [0.3, 0.4) is 0 Å². The summed E-state index contributed by atoms with van der Waals surface area (Å²) in [5.74, 6) is -0.356. The van der Waals surface area contributed by atoms with Crippen molar-refractivity contribution in [2.45, 2.75) is 44.7 Å². The molecule has 8 heteroatoms. The molecule has 0 spiro atoms. The van der Waals surface area contributed by atoms with Crippen LogP contribution in [0.2, 0.25) is 10.0 Å². The lowest BCUT2D eigenvalue weighted by Crippen LogP contribution is -2.43. The van der Waals surface area contributed by atoms with E-state index in [9.17, 15) is 13.2 Å². The number of benzene rings is 2. The number of rotatable bonds is 8. The first-order valence-corrected chi connectivity index (χ1v) is 11.1. The van der Waals surface area contributed by atoms with E-state index in [0.717, 1.165) is 16.3 Å². The molecule has 0 saturated heterocycles. The molecule has 0 aromatic heterocycles. The van der Waals surface area contributed by atoms with Crippen molar-refractivity contribution in [2.24, 2.45) is 0 Å². The highest BCUT2D eigenvalue weighted by atomic mass is 35.5. The van der Waals surface area contributed by atoms with Gasteiger partial charge in [-0.15, -0.1) is 0 Å². The minimum atomic E-state index is -3.88. The monoisotopic (exact) mass is 442 g/mol. The fourth-order valence-corrected chi connectivity index (χ4v) is 4.21. The second-order valence-electron chi connectivity index (χ2n) is 6.71. The standard InChI is InChI=1S/C20H24Cl2N2O3S/c1-4-15(3)23-20(25)13-24(12-16-7-10-18(21)19(22)11-16)28(26,27)17-8-5-14(2)6-9-17/h5-11,15H,4,12-13H2,1-3H3,(H,23,25)/t15-/m0/s1. The quantitative estimate of drug-likeness (QED) is 0.658. The van der Waals surface area contributed by atoms with Gasteiger partial charge in [0.25, 0.3) is 0 Å². The third-order valence-electron chi connectivity index (χ3n) is 4.34. The number of nitrogens with one attached hydrogen (secondary N) is 1. The zero-order chi connectivity index (χ0) is 20.9. The van der Waals surface area contributed by atoms with E-state index in [2.05, 4.69) is 5.32 Å². The van der Waals surface area contributed by atoms with Gasteiger partial charge in [0.2, 0.25) is 15.9 Å². The van der Waals surface area contributed by atoms with Gasteiger partial charge in [-0.25, -0.2) is 8.42 Å². The van der Waals surface area contributed by atoms with Gasteiger partial charge in [0.1, 0.15) is 0 Å². The van der Waals surface area contributed by atoms with Gasteiger partial charge >= 0.3 is 0 Å². The SMILES string of the molecule is CC[C@H](C)NC(=O)CN(Cc1ccc(Cl)c(Cl)c1)S(=O)(=O)c1ccc(C)cc1. The highest BCUT2D eigenvalue weighted by Gasteiger charge is 2.27. The number of carbonyl (C=O) groups excluding carboxylic acids is 1. The van der Waals surface area contributed by atoms with Crippen LogP contribution in [-0.4, -0.2) is 31.2 Å². The van der Waals surface area contributed by atoms with E-state index in [1.54, 1.807) is 42.5 Å². The molecule has 28 heavy (non-hydrogen) atoms. The van der Waals surface area contributed by atoms with Crippen molar-refractivity contribution >= 4 is 39.1 Å². The van der Waals surface area contributed by atoms with Gasteiger partial charge in [0.05, 0.1) is 21.5 Å². The summed E-state index contributed by atoms with van der Waals surface area (Å²) in [4.78, 5) is 12.5. The Morgan fingerprint density at radius 1 is 1.11 bits per heavy atom. The first-order valence-electron chi connectivity index (χ1n) is 8.93. The molecule has 0 fully saturated rings. The topological polar surface area (TPSA) is 66.5 Å². The Hall–Kier alpha value is -1.60. The predicted molar refractivity (Wildman–Crippen MR) is 113 cm³/mol. The zero-order valence-electron chi connectivity index (χ0n) is 16.1. The maximum absolute atomic E-state index is 13.2. The van der Waals surface area contributed by atoms with Crippen LogP contribution in [0.15, 0.2) is 47.4 Å². The van der Waals surface area contributed by atoms with Gasteiger partial charge < -0.3 is 5.32 Å². The van der Waals surface area contributed by atoms with Crippen LogP contribution in [0.25, 0.3) is 0 Å². The summed E-state index contributed by atoms with van der Waals surface area (Å²) in [5.41, 5.74) is 1.59. The molecular weight excluding hydrogens is 419 g/mol. The molecular formula is C20H24Cl2N2O3S. The second-order valence-corrected chi connectivity index (χ2v) is 9.46. The summed E-state index contributed by atoms with van der Waals surface area (Å²) in [5, 5.41) is 3.52. The van der Waals surface area contributed by atoms with E-state index in [4.69, 9.17) is 23.2 Å². The van der Waals surface area contributed by atoms with Gasteiger partial charge in [0.15, 0.2) is 0 Å². The molecule has 0 heterocycles. The van der Waals surface area contributed by atoms with Crippen LogP contribution >= 0.6 is 23.2 Å². The van der Waals surface area contributed by atoms with Crippen molar-refractivity contribution in [1.82, 2.24) is 9.62 Å². The van der Waals surface area contributed by atoms with Crippen molar-refractivity contribution in [3.05, 3.63) is 63.6 Å². The van der Waals surface area contributed by atoms with Gasteiger partial charge in [-0.2, -0.15) is 4.31 Å². The Morgan fingerprint density at radius 2 is 1.75 bits per heavy atom. The lowest BCUT2D eigenvalue weighted by Gasteiger charge is -2.23. The maximum atomic E-state index is 13.2. The Kier molecular flexibility index (Phi) is 7.89. The van der Waals surface area contributed by atoms with Crippen LogP contribution in [-0.2, 0) is 21.4 Å². The van der Waals surface area contributed by atoms with E-state index in [1.165, 1.54) is 0 Å². The first kappa shape index (κ1) is 22.7. The lowest BCUT2D eigenvalue weighted by molar-refractivity contribution is -0.122. The van der Waals surface area contributed by atoms with E-state index in [-0.39, 0.29) is 29.9 Å². The fourth-order valence-electron chi connectivity index (χ4n) is 2.51.